The molecule has 2 aromatic rings. The van der Waals surface area contributed by atoms with Gasteiger partial charge in [-0.25, -0.2) is 0 Å². The van der Waals surface area contributed by atoms with E-state index < -0.39 is 6.36 Å². The van der Waals surface area contributed by atoms with Gasteiger partial charge in [-0.1, -0.05) is 0 Å². The number of hydrogen-bond acceptors (Lipinski definition) is 2. The quantitative estimate of drug-likeness (QED) is 0.823. The molecule has 0 fully saturated rings. The van der Waals surface area contributed by atoms with Gasteiger partial charge in [-0.2, -0.15) is 0 Å². The van der Waals surface area contributed by atoms with Crippen LogP contribution in [-0.4, -0.2) is 17.6 Å². The molecule has 17 heavy (non-hydrogen) atoms. The third-order valence-electron chi connectivity index (χ3n) is 2.36. The first-order valence-corrected chi connectivity index (χ1v) is 4.74. The van der Waals surface area contributed by atoms with E-state index in [1.165, 1.54) is 18.2 Å². The summed E-state index contributed by atoms with van der Waals surface area (Å²) in [4.78, 5) is 13.7. The maximum absolute atomic E-state index is 12.0. The summed E-state index contributed by atoms with van der Waals surface area (Å²) in [5.74, 6) is -0.341. The van der Waals surface area contributed by atoms with Crippen molar-refractivity contribution in [2.75, 3.05) is 0 Å². The molecule has 0 aliphatic rings. The van der Waals surface area contributed by atoms with Crippen LogP contribution in [0.5, 0.6) is 5.75 Å². The zero-order valence-electron chi connectivity index (χ0n) is 8.76. The van der Waals surface area contributed by atoms with E-state index in [2.05, 4.69) is 9.72 Å². The van der Waals surface area contributed by atoms with Crippen molar-refractivity contribution in [3.05, 3.63) is 29.5 Å². The van der Waals surface area contributed by atoms with E-state index in [1.807, 2.05) is 0 Å². The number of nitrogens with one attached hydrogen (secondary N) is 1. The van der Waals surface area contributed by atoms with E-state index in [-0.39, 0.29) is 5.75 Å². The Bertz CT molecular complexity index is 572. The number of aldehydes is 1. The molecule has 0 amide bonds. The van der Waals surface area contributed by atoms with E-state index in [0.29, 0.717) is 28.4 Å². The highest BCUT2D eigenvalue weighted by molar-refractivity contribution is 5.99. The number of fused-ring (bicyclic) bond motifs is 1. The molecule has 0 radical (unpaired) electrons. The highest BCUT2D eigenvalue weighted by Crippen LogP contribution is 2.28. The summed E-state index contributed by atoms with van der Waals surface area (Å²) in [6, 6.07) is 3.83. The van der Waals surface area contributed by atoms with Crippen LogP contribution in [0.25, 0.3) is 10.9 Å². The molecule has 1 N–H and O–H groups in total. The Morgan fingerprint density at radius 1 is 1.35 bits per heavy atom. The van der Waals surface area contributed by atoms with Crippen LogP contribution in [0.15, 0.2) is 18.2 Å². The van der Waals surface area contributed by atoms with Gasteiger partial charge in [0.15, 0.2) is 6.29 Å². The normalized spacial score (nSPS) is 11.8. The van der Waals surface area contributed by atoms with E-state index >= 15 is 0 Å². The lowest BCUT2D eigenvalue weighted by Crippen LogP contribution is -2.16. The second kappa shape index (κ2) is 3.80. The maximum atomic E-state index is 12.0. The van der Waals surface area contributed by atoms with Crippen LogP contribution < -0.4 is 4.74 Å². The number of carbonyl (C=O) groups excluding carboxylic acids is 1. The van der Waals surface area contributed by atoms with E-state index in [0.717, 1.165) is 0 Å². The fourth-order valence-corrected chi connectivity index (χ4v) is 1.68. The van der Waals surface area contributed by atoms with Crippen LogP contribution in [0.3, 0.4) is 0 Å². The van der Waals surface area contributed by atoms with Crippen molar-refractivity contribution in [3.63, 3.8) is 0 Å². The summed E-state index contributed by atoms with van der Waals surface area (Å²) >= 11 is 0. The number of aromatic amines is 1. The molecule has 0 bridgehead atoms. The smallest absolute Gasteiger partial charge is 0.406 e. The Morgan fingerprint density at radius 3 is 2.65 bits per heavy atom. The molecule has 0 aliphatic heterocycles. The minimum Gasteiger partial charge on any atom is -0.406 e. The molecule has 6 heteroatoms. The second-order valence-corrected chi connectivity index (χ2v) is 3.54. The number of benzene rings is 1. The molecular weight excluding hydrogens is 235 g/mol. The third-order valence-corrected chi connectivity index (χ3v) is 2.36. The van der Waals surface area contributed by atoms with Gasteiger partial charge in [0.1, 0.15) is 5.75 Å². The fraction of sp³-hybridized carbons (Fsp3) is 0.182. The number of H-pyrrole nitrogens is 1. The highest BCUT2D eigenvalue weighted by Gasteiger charge is 2.31. The molecule has 1 heterocycles. The first-order valence-electron chi connectivity index (χ1n) is 4.74. The number of carbonyl (C=O) groups is 1. The minimum absolute atomic E-state index is 0.340. The molecule has 90 valence electrons. The van der Waals surface area contributed by atoms with Gasteiger partial charge < -0.3 is 9.72 Å². The minimum atomic E-state index is -4.74. The first-order chi connectivity index (χ1) is 7.90. The third kappa shape index (κ3) is 2.25. The monoisotopic (exact) mass is 243 g/mol. The zero-order chi connectivity index (χ0) is 12.6. The molecule has 0 atom stereocenters. The molecule has 0 aliphatic carbocycles. The maximum Gasteiger partial charge on any atom is 0.573 e. The lowest BCUT2D eigenvalue weighted by atomic mass is 10.1. The van der Waals surface area contributed by atoms with Crippen molar-refractivity contribution in [3.8, 4) is 5.75 Å². The van der Waals surface area contributed by atoms with Gasteiger partial charge in [0.25, 0.3) is 0 Å². The van der Waals surface area contributed by atoms with E-state index in [4.69, 9.17) is 0 Å². The highest BCUT2D eigenvalue weighted by atomic mass is 19.4. The molecule has 3 nitrogen and oxygen atoms in total. The molecule has 0 spiro atoms. The molecule has 0 unspecified atom stereocenters. The average Bonchev–Trinajstić information content (AvgIpc) is 2.50. The van der Waals surface area contributed by atoms with Gasteiger partial charge in [0.2, 0.25) is 0 Å². The number of ether oxygens (including phenoxy) is 1. The van der Waals surface area contributed by atoms with Gasteiger partial charge in [-0.3, -0.25) is 4.79 Å². The molecule has 1 aromatic carbocycles. The molecule has 1 aromatic heterocycles. The van der Waals surface area contributed by atoms with Crippen LogP contribution in [0.1, 0.15) is 16.1 Å². The predicted octanol–water partition coefficient (Wildman–Crippen LogP) is 3.19. The number of hydrogen-bond donors (Lipinski definition) is 1. The molecule has 0 saturated carbocycles. The van der Waals surface area contributed by atoms with Gasteiger partial charge in [-0.15, -0.1) is 13.2 Å². The van der Waals surface area contributed by atoms with Crippen molar-refractivity contribution in [2.24, 2.45) is 0 Å². The SMILES string of the molecule is Cc1[nH]c2ccc(OC(F)(F)F)cc2c1C=O. The summed E-state index contributed by atoms with van der Waals surface area (Å²) in [6.45, 7) is 1.67. The Morgan fingerprint density at radius 2 is 2.06 bits per heavy atom. The molecular formula is C11H8F3NO2. The Kier molecular flexibility index (Phi) is 2.57. The summed E-state index contributed by atoms with van der Waals surface area (Å²) in [5.41, 5.74) is 1.55. The summed E-state index contributed by atoms with van der Waals surface area (Å²) in [5, 5.41) is 0.416. The van der Waals surface area contributed by atoms with Crippen molar-refractivity contribution < 1.29 is 22.7 Å². The van der Waals surface area contributed by atoms with Crippen molar-refractivity contribution >= 4 is 17.2 Å². The van der Waals surface area contributed by atoms with Crippen molar-refractivity contribution in [2.45, 2.75) is 13.3 Å². The Labute approximate surface area is 94.2 Å². The largest absolute Gasteiger partial charge is 0.573 e. The first kappa shape index (κ1) is 11.5. The Balaban J connectivity index is 2.52. The van der Waals surface area contributed by atoms with Gasteiger partial charge >= 0.3 is 6.36 Å². The number of aromatic nitrogens is 1. The van der Waals surface area contributed by atoms with Crippen molar-refractivity contribution in [1.82, 2.24) is 4.98 Å². The van der Waals surface area contributed by atoms with Crippen molar-refractivity contribution in [1.29, 1.82) is 0 Å². The number of rotatable bonds is 2. The summed E-state index contributed by atoms with van der Waals surface area (Å²) in [6.07, 6.45) is -4.13. The topological polar surface area (TPSA) is 42.1 Å². The zero-order valence-corrected chi connectivity index (χ0v) is 8.76. The van der Waals surface area contributed by atoms with Crippen LogP contribution in [0.2, 0.25) is 0 Å². The fourth-order valence-electron chi connectivity index (χ4n) is 1.68. The number of halogens is 3. The summed E-state index contributed by atoms with van der Waals surface area (Å²) < 4.78 is 39.9. The molecule has 2 rings (SSSR count). The van der Waals surface area contributed by atoms with Crippen LogP contribution >= 0.6 is 0 Å². The van der Waals surface area contributed by atoms with E-state index in [9.17, 15) is 18.0 Å². The molecule has 0 saturated heterocycles. The number of alkyl halides is 3. The lowest BCUT2D eigenvalue weighted by Gasteiger charge is -2.08. The van der Waals surface area contributed by atoms with Crippen LogP contribution in [-0.2, 0) is 0 Å². The lowest BCUT2D eigenvalue weighted by molar-refractivity contribution is -0.274. The van der Waals surface area contributed by atoms with Gasteiger partial charge in [0, 0.05) is 22.2 Å². The number of aryl methyl sites for hydroxylation is 1. The Hall–Kier alpha value is -1.98. The predicted molar refractivity (Wildman–Crippen MR) is 55.1 cm³/mol. The van der Waals surface area contributed by atoms with E-state index in [1.54, 1.807) is 6.92 Å². The van der Waals surface area contributed by atoms with Crippen LogP contribution in [0.4, 0.5) is 13.2 Å². The second-order valence-electron chi connectivity index (χ2n) is 3.54. The standard InChI is InChI=1S/C11H8F3NO2/c1-6-9(5-16)8-4-7(17-11(12,13)14)2-3-10(8)15-6/h2-5,15H,1H3. The van der Waals surface area contributed by atoms with Gasteiger partial charge in [0.05, 0.1) is 0 Å². The van der Waals surface area contributed by atoms with Gasteiger partial charge in [-0.05, 0) is 25.1 Å². The average molecular weight is 243 g/mol. The summed E-state index contributed by atoms with van der Waals surface area (Å²) in [7, 11) is 0. The van der Waals surface area contributed by atoms with Crippen LogP contribution in [0, 0.1) is 6.92 Å².